The third-order valence-electron chi connectivity index (χ3n) is 5.16. The van der Waals surface area contributed by atoms with E-state index in [1.54, 1.807) is 19.3 Å². The molecule has 0 aliphatic carbocycles. The van der Waals surface area contributed by atoms with Crippen LogP contribution in [-0.2, 0) is 14.3 Å². The number of nitrogens with two attached hydrogens (primary N) is 1. The maximum atomic E-state index is 10.4. The number of ketones is 1. The van der Waals surface area contributed by atoms with Crippen molar-refractivity contribution in [3.63, 3.8) is 0 Å². The van der Waals surface area contributed by atoms with Gasteiger partial charge in [0.1, 0.15) is 5.78 Å². The number of unbranched alkanes of at least 4 members (excludes halogenated alkanes) is 6. The Balaban J connectivity index is -0.000000423. The van der Waals surface area contributed by atoms with E-state index >= 15 is 0 Å². The van der Waals surface area contributed by atoms with Crippen LogP contribution in [0.25, 0.3) is 0 Å². The zero-order chi connectivity index (χ0) is 29.8. The third kappa shape index (κ3) is 49.1. The van der Waals surface area contributed by atoms with Gasteiger partial charge in [-0.05, 0) is 84.6 Å². The highest BCUT2D eigenvalue weighted by atomic mass is 16.5. The Labute approximate surface area is 241 Å². The Hall–Kier alpha value is -2.49. The Morgan fingerprint density at radius 1 is 0.923 bits per heavy atom. The van der Waals surface area contributed by atoms with E-state index in [0.717, 1.165) is 25.8 Å². The monoisotopic (exact) mass is 545 g/mol. The van der Waals surface area contributed by atoms with E-state index in [2.05, 4.69) is 46.8 Å². The lowest BCUT2D eigenvalue weighted by atomic mass is 10.2. The number of carbonyl (C=O) groups excluding carboxylic acids is 2. The molecule has 2 heterocycles. The molecule has 2 rings (SSSR count). The van der Waals surface area contributed by atoms with Crippen molar-refractivity contribution < 1.29 is 14.3 Å². The molecule has 0 bridgehead atoms. The summed E-state index contributed by atoms with van der Waals surface area (Å²) in [5.41, 5.74) is 6.56. The molecule has 1 fully saturated rings. The van der Waals surface area contributed by atoms with Crippen molar-refractivity contribution in [2.45, 2.75) is 118 Å². The first kappa shape index (κ1) is 41.0. The van der Waals surface area contributed by atoms with Gasteiger partial charge in [-0.3, -0.25) is 4.98 Å². The summed E-state index contributed by atoms with van der Waals surface area (Å²) in [7, 11) is 1.34. The molecule has 1 aliphatic heterocycles. The Morgan fingerprint density at radius 3 is 1.90 bits per heavy atom. The minimum Gasteiger partial charge on any atom is -0.459 e. The van der Waals surface area contributed by atoms with Crippen molar-refractivity contribution in [3.05, 3.63) is 42.2 Å². The van der Waals surface area contributed by atoms with Crippen molar-refractivity contribution in [2.75, 3.05) is 26.7 Å². The molecule has 0 spiro atoms. The van der Waals surface area contributed by atoms with Crippen molar-refractivity contribution in [1.82, 2.24) is 10.3 Å². The van der Waals surface area contributed by atoms with Gasteiger partial charge in [0.25, 0.3) is 0 Å². The molecule has 0 unspecified atom stereocenters. The van der Waals surface area contributed by atoms with E-state index in [1.165, 1.54) is 83.6 Å². The van der Waals surface area contributed by atoms with Gasteiger partial charge < -0.3 is 20.6 Å². The number of piperidine rings is 1. The van der Waals surface area contributed by atoms with E-state index in [4.69, 9.17) is 5.73 Å². The van der Waals surface area contributed by atoms with E-state index in [-0.39, 0.29) is 5.78 Å². The SMILES string of the molecule is C1CCNCC1.CC(=O)CCC=C(C)C.CCCCCC#CC(=O)OC.CCCCCCN.c1ccncc1. The molecule has 6 nitrogen and oxygen atoms in total. The fraction of sp³-hybridized carbons (Fsp3) is 0.667. The summed E-state index contributed by atoms with van der Waals surface area (Å²) in [6, 6.07) is 5.72. The van der Waals surface area contributed by atoms with Crippen molar-refractivity contribution >= 4 is 11.8 Å². The van der Waals surface area contributed by atoms with Gasteiger partial charge >= 0.3 is 5.97 Å². The largest absolute Gasteiger partial charge is 0.459 e. The first-order valence-corrected chi connectivity index (χ1v) is 14.8. The molecule has 3 N–H and O–H groups in total. The molecule has 1 saturated heterocycles. The second-order valence-corrected chi connectivity index (χ2v) is 9.46. The Bertz CT molecular complexity index is 674. The van der Waals surface area contributed by atoms with Crippen LogP contribution in [0.15, 0.2) is 42.2 Å². The number of pyridine rings is 1. The summed E-state index contributed by atoms with van der Waals surface area (Å²) in [6.45, 7) is 13.4. The number of Topliss-reactive ketones (excluding diaryl/α,β-unsaturated/α-hetero) is 1. The molecule has 224 valence electrons. The minimum absolute atomic E-state index is 0.271. The van der Waals surface area contributed by atoms with Gasteiger partial charge in [-0.15, -0.1) is 0 Å². The van der Waals surface area contributed by atoms with Crippen molar-refractivity contribution in [2.24, 2.45) is 5.73 Å². The molecule has 1 aliphatic rings. The van der Waals surface area contributed by atoms with Gasteiger partial charge in [0.05, 0.1) is 7.11 Å². The van der Waals surface area contributed by atoms with Crippen LogP contribution in [0.3, 0.4) is 0 Å². The zero-order valence-corrected chi connectivity index (χ0v) is 26.0. The first-order valence-electron chi connectivity index (χ1n) is 14.8. The Kier molecular flexibility index (Phi) is 39.6. The molecule has 1 aromatic heterocycles. The number of nitrogens with one attached hydrogen (secondary N) is 1. The smallest absolute Gasteiger partial charge is 0.384 e. The van der Waals surface area contributed by atoms with E-state index in [9.17, 15) is 9.59 Å². The molecule has 0 radical (unpaired) electrons. The summed E-state index contributed by atoms with van der Waals surface area (Å²) in [5.74, 6) is 4.95. The lowest BCUT2D eigenvalue weighted by Crippen LogP contribution is -2.21. The van der Waals surface area contributed by atoms with Gasteiger partial charge in [0.15, 0.2) is 0 Å². The molecule has 0 amide bonds. The van der Waals surface area contributed by atoms with Crippen molar-refractivity contribution in [1.29, 1.82) is 0 Å². The van der Waals surface area contributed by atoms with Crippen LogP contribution in [0, 0.1) is 11.8 Å². The van der Waals surface area contributed by atoms with Crippen LogP contribution in [-0.4, -0.2) is 43.5 Å². The minimum atomic E-state index is -0.443. The highest BCUT2D eigenvalue weighted by Crippen LogP contribution is 1.98. The molecule has 39 heavy (non-hydrogen) atoms. The highest BCUT2D eigenvalue weighted by Gasteiger charge is 1.93. The summed E-state index contributed by atoms with van der Waals surface area (Å²) in [6.07, 6.45) is 20.8. The van der Waals surface area contributed by atoms with Crippen molar-refractivity contribution in [3.8, 4) is 11.8 Å². The standard InChI is InChI=1S/C9H14O2.C8H14O.C6H15N.C5H11N.C5H5N/c1-3-4-5-6-7-8-9(10)11-2;1-7(2)5-4-6-8(3)9;1-2-3-4-5-6-7;2*1-2-4-6-5-3-1/h3-6H2,1-2H3;5H,4,6H2,1-3H3;2-7H2,1H3;6H,1-5H2;1-5H. The number of aromatic nitrogens is 1. The average Bonchev–Trinajstić information content (AvgIpc) is 2.96. The van der Waals surface area contributed by atoms with Gasteiger partial charge in [-0.2, -0.15) is 0 Å². The van der Waals surface area contributed by atoms with E-state index < -0.39 is 5.97 Å². The molecule has 0 atom stereocenters. The molecule has 1 aromatic rings. The second kappa shape index (κ2) is 37.7. The predicted molar refractivity (Wildman–Crippen MR) is 167 cm³/mol. The summed E-state index contributed by atoms with van der Waals surface area (Å²) in [4.78, 5) is 24.6. The lowest BCUT2D eigenvalue weighted by molar-refractivity contribution is -0.133. The molecule has 0 saturated carbocycles. The number of hydrogen-bond donors (Lipinski definition) is 2. The molecular weight excluding hydrogens is 486 g/mol. The fourth-order valence-electron chi connectivity index (χ4n) is 2.90. The highest BCUT2D eigenvalue weighted by molar-refractivity contribution is 5.88. The maximum Gasteiger partial charge on any atom is 0.384 e. The average molecular weight is 546 g/mol. The van der Waals surface area contributed by atoms with Crippen LogP contribution >= 0.6 is 0 Å². The summed E-state index contributed by atoms with van der Waals surface area (Å²) < 4.78 is 4.34. The number of methoxy groups -OCH3 is 1. The maximum absolute atomic E-state index is 10.4. The molecule has 6 heteroatoms. The van der Waals surface area contributed by atoms with Gasteiger partial charge in [0.2, 0.25) is 0 Å². The van der Waals surface area contributed by atoms with Crippen LogP contribution in [0.4, 0.5) is 0 Å². The number of nitrogens with zero attached hydrogens (tertiary/aromatic N) is 1. The van der Waals surface area contributed by atoms with Crippen LogP contribution in [0.1, 0.15) is 118 Å². The zero-order valence-electron chi connectivity index (χ0n) is 26.0. The summed E-state index contributed by atoms with van der Waals surface area (Å²) in [5, 5.41) is 3.28. The fourth-order valence-corrected chi connectivity index (χ4v) is 2.90. The normalized spacial score (nSPS) is 10.9. The van der Waals surface area contributed by atoms with E-state index in [1.807, 2.05) is 32.0 Å². The van der Waals surface area contributed by atoms with Crippen LogP contribution in [0.2, 0.25) is 0 Å². The number of allylic oxidation sites excluding steroid dienone is 2. The number of ether oxygens (including phenoxy) is 1. The molecule has 0 aromatic carbocycles. The quantitative estimate of drug-likeness (QED) is 0.104. The van der Waals surface area contributed by atoms with Crippen LogP contribution in [0.5, 0.6) is 0 Å². The third-order valence-corrected chi connectivity index (χ3v) is 5.16. The van der Waals surface area contributed by atoms with E-state index in [0.29, 0.717) is 6.42 Å². The number of carbonyl (C=O) groups is 2. The van der Waals surface area contributed by atoms with Crippen LogP contribution < -0.4 is 11.1 Å². The Morgan fingerprint density at radius 2 is 1.54 bits per heavy atom. The second-order valence-electron chi connectivity index (χ2n) is 9.46. The van der Waals surface area contributed by atoms with Gasteiger partial charge in [0, 0.05) is 31.2 Å². The number of rotatable bonds is 10. The van der Waals surface area contributed by atoms with Gasteiger partial charge in [-0.25, -0.2) is 4.79 Å². The lowest BCUT2D eigenvalue weighted by Gasteiger charge is -2.08. The summed E-state index contributed by atoms with van der Waals surface area (Å²) >= 11 is 0. The predicted octanol–water partition coefficient (Wildman–Crippen LogP) is 7.43. The van der Waals surface area contributed by atoms with Gasteiger partial charge in [-0.1, -0.05) is 76.0 Å². The number of esters is 1. The number of hydrogen-bond acceptors (Lipinski definition) is 6. The first-order chi connectivity index (χ1) is 18.8. The molecular formula is C33H59N3O3. The topological polar surface area (TPSA) is 94.3 Å².